The summed E-state index contributed by atoms with van der Waals surface area (Å²) in [4.78, 5) is 12.4. The van der Waals surface area contributed by atoms with E-state index in [9.17, 15) is 4.79 Å². The maximum Gasteiger partial charge on any atom is 0.218 e. The van der Waals surface area contributed by atoms with Gasteiger partial charge in [-0.05, 0) is 6.42 Å². The monoisotopic (exact) mass is 273 g/mol. The standard InChI is InChI=1S/C13H15N5O2/c14-6-5-11(19)10(18)12(4-2-1-3-4)20-13(5)9(17)8(16)7(6)15/h1-2,4H,3,14-18H2. The Labute approximate surface area is 114 Å². The molecule has 0 saturated heterocycles. The number of anilines is 5. The van der Waals surface area contributed by atoms with E-state index in [-0.39, 0.29) is 45.3 Å². The van der Waals surface area contributed by atoms with Gasteiger partial charge in [0.05, 0.1) is 22.4 Å². The van der Waals surface area contributed by atoms with Crippen LogP contribution in [0.5, 0.6) is 0 Å². The van der Waals surface area contributed by atoms with E-state index in [1.165, 1.54) is 0 Å². The maximum atomic E-state index is 12.4. The van der Waals surface area contributed by atoms with Crippen molar-refractivity contribution in [2.45, 2.75) is 12.3 Å². The molecule has 0 radical (unpaired) electrons. The average Bonchev–Trinajstić information content (AvgIpc) is 2.37. The molecule has 0 fully saturated rings. The fourth-order valence-electron chi connectivity index (χ4n) is 2.29. The molecule has 1 heterocycles. The number of hydrogen-bond acceptors (Lipinski definition) is 7. The third-order valence-corrected chi connectivity index (χ3v) is 3.66. The van der Waals surface area contributed by atoms with E-state index in [2.05, 4.69) is 0 Å². The molecule has 0 spiro atoms. The minimum Gasteiger partial charge on any atom is -0.456 e. The molecule has 0 amide bonds. The molecular formula is C13H15N5O2. The Balaban J connectivity index is 2.48. The van der Waals surface area contributed by atoms with Crippen LogP contribution in [0.2, 0.25) is 0 Å². The van der Waals surface area contributed by atoms with Gasteiger partial charge in [0.2, 0.25) is 5.43 Å². The van der Waals surface area contributed by atoms with Crippen molar-refractivity contribution in [3.63, 3.8) is 0 Å². The molecule has 2 aromatic rings. The van der Waals surface area contributed by atoms with Crippen LogP contribution in [0.15, 0.2) is 21.4 Å². The molecule has 1 aliphatic carbocycles. The van der Waals surface area contributed by atoms with Crippen LogP contribution in [0.25, 0.3) is 11.0 Å². The van der Waals surface area contributed by atoms with Crippen LogP contribution in [-0.4, -0.2) is 0 Å². The molecule has 0 aliphatic heterocycles. The Morgan fingerprint density at radius 2 is 1.55 bits per heavy atom. The highest BCUT2D eigenvalue weighted by atomic mass is 16.3. The van der Waals surface area contributed by atoms with Crippen molar-refractivity contribution in [3.8, 4) is 0 Å². The topological polar surface area (TPSA) is 160 Å². The molecule has 0 bridgehead atoms. The molecule has 1 aliphatic rings. The van der Waals surface area contributed by atoms with Gasteiger partial charge in [-0.15, -0.1) is 0 Å². The SMILES string of the molecule is Nc1c(N)c(N)c2c(=O)c(N)c(C3C=CC3)oc2c1N. The highest BCUT2D eigenvalue weighted by Crippen LogP contribution is 2.40. The third-order valence-electron chi connectivity index (χ3n) is 3.66. The number of rotatable bonds is 1. The molecule has 1 aromatic carbocycles. The van der Waals surface area contributed by atoms with Gasteiger partial charge in [-0.1, -0.05) is 12.2 Å². The Bertz CT molecular complexity index is 822. The second-order valence-corrected chi connectivity index (χ2v) is 4.84. The van der Waals surface area contributed by atoms with Crippen molar-refractivity contribution >= 4 is 39.4 Å². The highest BCUT2D eigenvalue weighted by molar-refractivity contribution is 6.09. The van der Waals surface area contributed by atoms with Crippen molar-refractivity contribution < 1.29 is 4.42 Å². The lowest BCUT2D eigenvalue weighted by atomic mass is 9.91. The Morgan fingerprint density at radius 1 is 0.950 bits per heavy atom. The van der Waals surface area contributed by atoms with Crippen LogP contribution in [0.4, 0.5) is 28.4 Å². The number of allylic oxidation sites excluding steroid dienone is 2. The summed E-state index contributed by atoms with van der Waals surface area (Å²) >= 11 is 0. The smallest absolute Gasteiger partial charge is 0.218 e. The molecule has 7 heteroatoms. The first-order valence-electron chi connectivity index (χ1n) is 6.08. The molecule has 0 saturated carbocycles. The van der Waals surface area contributed by atoms with Crippen molar-refractivity contribution in [3.05, 3.63) is 28.1 Å². The van der Waals surface area contributed by atoms with Gasteiger partial charge in [-0.2, -0.15) is 0 Å². The van der Waals surface area contributed by atoms with Crippen molar-refractivity contribution in [2.75, 3.05) is 28.7 Å². The summed E-state index contributed by atoms with van der Waals surface area (Å²) in [7, 11) is 0. The molecule has 104 valence electrons. The van der Waals surface area contributed by atoms with Gasteiger partial charge in [0.15, 0.2) is 5.58 Å². The maximum absolute atomic E-state index is 12.4. The lowest BCUT2D eigenvalue weighted by molar-refractivity contribution is 0.506. The number of nitrogen functional groups attached to an aromatic ring is 5. The highest BCUT2D eigenvalue weighted by Gasteiger charge is 2.25. The Hall–Kier alpha value is -2.83. The van der Waals surface area contributed by atoms with Gasteiger partial charge >= 0.3 is 0 Å². The second kappa shape index (κ2) is 3.83. The van der Waals surface area contributed by atoms with Gasteiger partial charge in [-0.25, -0.2) is 0 Å². The predicted molar refractivity (Wildman–Crippen MR) is 81.0 cm³/mol. The van der Waals surface area contributed by atoms with E-state index in [4.69, 9.17) is 33.1 Å². The minimum absolute atomic E-state index is 0.0218. The summed E-state index contributed by atoms with van der Waals surface area (Å²) < 4.78 is 5.71. The Morgan fingerprint density at radius 3 is 2.10 bits per heavy atom. The molecule has 1 unspecified atom stereocenters. The van der Waals surface area contributed by atoms with Gasteiger partial charge in [0.1, 0.15) is 17.1 Å². The van der Waals surface area contributed by atoms with Crippen LogP contribution in [0.3, 0.4) is 0 Å². The summed E-state index contributed by atoms with van der Waals surface area (Å²) in [5.41, 5.74) is 29.2. The molecule has 3 rings (SSSR count). The van der Waals surface area contributed by atoms with Gasteiger partial charge in [-0.3, -0.25) is 4.79 Å². The molecule has 1 aromatic heterocycles. The zero-order valence-electron chi connectivity index (χ0n) is 10.6. The van der Waals surface area contributed by atoms with Gasteiger partial charge in [0, 0.05) is 5.92 Å². The Kier molecular flexibility index (Phi) is 2.34. The van der Waals surface area contributed by atoms with E-state index in [0.717, 1.165) is 6.42 Å². The average molecular weight is 273 g/mol. The van der Waals surface area contributed by atoms with Crippen LogP contribution in [0, 0.1) is 0 Å². The van der Waals surface area contributed by atoms with E-state index in [1.807, 2.05) is 12.2 Å². The summed E-state index contributed by atoms with van der Waals surface area (Å²) in [6.45, 7) is 0. The zero-order valence-corrected chi connectivity index (χ0v) is 10.6. The van der Waals surface area contributed by atoms with Crippen molar-refractivity contribution in [2.24, 2.45) is 0 Å². The summed E-state index contributed by atoms with van der Waals surface area (Å²) in [6.07, 6.45) is 4.63. The molecule has 10 N–H and O–H groups in total. The number of nitrogens with two attached hydrogens (primary N) is 5. The van der Waals surface area contributed by atoms with Crippen molar-refractivity contribution in [1.29, 1.82) is 0 Å². The fraction of sp³-hybridized carbons (Fsp3) is 0.154. The number of fused-ring (bicyclic) bond motifs is 1. The van der Waals surface area contributed by atoms with Crippen LogP contribution >= 0.6 is 0 Å². The molecule has 20 heavy (non-hydrogen) atoms. The zero-order chi connectivity index (χ0) is 14.6. The van der Waals surface area contributed by atoms with Crippen LogP contribution in [-0.2, 0) is 0 Å². The lowest BCUT2D eigenvalue weighted by Gasteiger charge is -2.20. The van der Waals surface area contributed by atoms with Gasteiger partial charge in [0.25, 0.3) is 0 Å². The van der Waals surface area contributed by atoms with E-state index >= 15 is 0 Å². The normalized spacial score (nSPS) is 17.3. The third kappa shape index (κ3) is 1.37. The first-order valence-corrected chi connectivity index (χ1v) is 6.08. The fourth-order valence-corrected chi connectivity index (χ4v) is 2.29. The number of benzene rings is 1. The van der Waals surface area contributed by atoms with Crippen LogP contribution < -0.4 is 34.1 Å². The van der Waals surface area contributed by atoms with Crippen molar-refractivity contribution in [1.82, 2.24) is 0 Å². The summed E-state index contributed by atoms with van der Waals surface area (Å²) in [6, 6.07) is 0. The second-order valence-electron chi connectivity index (χ2n) is 4.84. The predicted octanol–water partition coefficient (Wildman–Crippen LogP) is 0.747. The first kappa shape index (κ1) is 12.2. The minimum atomic E-state index is -0.433. The first-order chi connectivity index (χ1) is 9.43. The van der Waals surface area contributed by atoms with Gasteiger partial charge < -0.3 is 33.1 Å². The quantitative estimate of drug-likeness (QED) is 0.378. The summed E-state index contributed by atoms with van der Waals surface area (Å²) in [5.74, 6) is 0.367. The van der Waals surface area contributed by atoms with Crippen LogP contribution in [0.1, 0.15) is 18.1 Å². The number of hydrogen-bond donors (Lipinski definition) is 5. The molecule has 1 atom stereocenters. The molecule has 7 nitrogen and oxygen atoms in total. The molecular weight excluding hydrogens is 258 g/mol. The lowest BCUT2D eigenvalue weighted by Crippen LogP contribution is -2.18. The van der Waals surface area contributed by atoms with E-state index in [0.29, 0.717) is 5.76 Å². The summed E-state index contributed by atoms with van der Waals surface area (Å²) in [5, 5.41) is 0.0822. The van der Waals surface area contributed by atoms with E-state index < -0.39 is 5.43 Å². The largest absolute Gasteiger partial charge is 0.456 e. The van der Waals surface area contributed by atoms with E-state index in [1.54, 1.807) is 0 Å².